The van der Waals surface area contributed by atoms with Gasteiger partial charge in [-0.25, -0.2) is 0 Å². The second-order valence-corrected chi connectivity index (χ2v) is 8.43. The van der Waals surface area contributed by atoms with Crippen LogP contribution in [0.15, 0.2) is 12.2 Å². The van der Waals surface area contributed by atoms with E-state index in [1.807, 2.05) is 0 Å². The third kappa shape index (κ3) is 13.5. The summed E-state index contributed by atoms with van der Waals surface area (Å²) in [5.41, 5.74) is 0. The van der Waals surface area contributed by atoms with E-state index in [1.54, 1.807) is 0 Å². The molecule has 1 aliphatic heterocycles. The second-order valence-electron chi connectivity index (χ2n) is 8.43. The number of aliphatic hydroxyl groups is 3. The standard InChI is InChI=1S/C24H46O5/c1-2-3-4-5-6-7-8-9-10-11-12-13-14-15-16-17-18-28-20-22-24(27)23(26)21(25)19-29-22/h5-6,21-27H,2-4,7-20H2,1H3/b6-5+/t21-,22+,23+,24+/m1/s1. The van der Waals surface area contributed by atoms with Crippen LogP contribution >= 0.6 is 0 Å². The minimum absolute atomic E-state index is 0.0440. The smallest absolute Gasteiger partial charge is 0.111 e. The summed E-state index contributed by atoms with van der Waals surface area (Å²) < 4.78 is 10.9. The number of hydrogen-bond donors (Lipinski definition) is 3. The third-order valence-corrected chi connectivity index (χ3v) is 5.69. The highest BCUT2D eigenvalue weighted by atomic mass is 16.6. The third-order valence-electron chi connectivity index (χ3n) is 5.69. The van der Waals surface area contributed by atoms with E-state index in [0.29, 0.717) is 6.61 Å². The number of allylic oxidation sites excluding steroid dienone is 2. The zero-order valence-electron chi connectivity index (χ0n) is 18.6. The Morgan fingerprint density at radius 1 is 0.759 bits per heavy atom. The summed E-state index contributed by atoms with van der Waals surface area (Å²) in [5.74, 6) is 0. The van der Waals surface area contributed by atoms with Crippen molar-refractivity contribution in [1.82, 2.24) is 0 Å². The molecule has 4 atom stereocenters. The van der Waals surface area contributed by atoms with Crippen molar-refractivity contribution in [3.05, 3.63) is 12.2 Å². The average molecular weight is 415 g/mol. The Morgan fingerprint density at radius 2 is 1.31 bits per heavy atom. The SMILES string of the molecule is CCCC/C=C/CCCCCCCCCCCCOC[C@@H]1OC[C@@H](O)[C@H](O)[C@H]1O. The molecular formula is C24H46O5. The van der Waals surface area contributed by atoms with Gasteiger partial charge in [0.2, 0.25) is 0 Å². The monoisotopic (exact) mass is 414 g/mol. The van der Waals surface area contributed by atoms with E-state index in [9.17, 15) is 15.3 Å². The van der Waals surface area contributed by atoms with Crippen molar-refractivity contribution in [3.8, 4) is 0 Å². The van der Waals surface area contributed by atoms with Gasteiger partial charge in [-0.1, -0.05) is 83.3 Å². The largest absolute Gasteiger partial charge is 0.388 e. The Kier molecular flexibility index (Phi) is 16.8. The van der Waals surface area contributed by atoms with Crippen LogP contribution in [0.1, 0.15) is 96.8 Å². The van der Waals surface area contributed by atoms with E-state index in [-0.39, 0.29) is 13.2 Å². The summed E-state index contributed by atoms with van der Waals surface area (Å²) in [5, 5.41) is 28.9. The van der Waals surface area contributed by atoms with Crippen molar-refractivity contribution < 1.29 is 24.8 Å². The van der Waals surface area contributed by atoms with Crippen LogP contribution in [0.4, 0.5) is 0 Å². The molecule has 1 rings (SSSR count). The molecule has 0 radical (unpaired) electrons. The molecule has 1 aliphatic rings. The first kappa shape index (κ1) is 26.6. The minimum Gasteiger partial charge on any atom is -0.388 e. The van der Waals surface area contributed by atoms with E-state index < -0.39 is 24.4 Å². The number of rotatable bonds is 18. The Labute approximate surface area is 178 Å². The molecule has 1 fully saturated rings. The highest BCUT2D eigenvalue weighted by molar-refractivity contribution is 4.86. The molecule has 0 amide bonds. The Morgan fingerprint density at radius 3 is 1.93 bits per heavy atom. The predicted molar refractivity (Wildman–Crippen MR) is 118 cm³/mol. The lowest BCUT2D eigenvalue weighted by atomic mass is 10.0. The number of unbranched alkanes of at least 4 members (excludes halogenated alkanes) is 12. The molecule has 0 aromatic rings. The summed E-state index contributed by atoms with van der Waals surface area (Å²) in [7, 11) is 0. The second kappa shape index (κ2) is 18.3. The molecule has 0 aliphatic carbocycles. The van der Waals surface area contributed by atoms with Gasteiger partial charge in [-0.15, -0.1) is 0 Å². The van der Waals surface area contributed by atoms with Crippen LogP contribution in [0.25, 0.3) is 0 Å². The Bertz CT molecular complexity index is 387. The van der Waals surface area contributed by atoms with Gasteiger partial charge in [-0.2, -0.15) is 0 Å². The van der Waals surface area contributed by atoms with Crippen LogP contribution in [0.3, 0.4) is 0 Å². The summed E-state index contributed by atoms with van der Waals surface area (Å²) in [6.45, 7) is 3.20. The van der Waals surface area contributed by atoms with Crippen molar-refractivity contribution in [3.63, 3.8) is 0 Å². The molecule has 172 valence electrons. The first-order valence-electron chi connectivity index (χ1n) is 12.0. The van der Waals surface area contributed by atoms with Crippen molar-refractivity contribution in [2.24, 2.45) is 0 Å². The molecule has 0 saturated carbocycles. The predicted octanol–water partition coefficient (Wildman–Crippen LogP) is 4.52. The van der Waals surface area contributed by atoms with Crippen LogP contribution in [0.2, 0.25) is 0 Å². The fraction of sp³-hybridized carbons (Fsp3) is 0.917. The fourth-order valence-corrected chi connectivity index (χ4v) is 3.65. The lowest BCUT2D eigenvalue weighted by Crippen LogP contribution is -2.54. The first-order valence-corrected chi connectivity index (χ1v) is 12.0. The average Bonchev–Trinajstić information content (AvgIpc) is 2.72. The molecule has 0 aromatic heterocycles. The van der Waals surface area contributed by atoms with Crippen LogP contribution in [-0.4, -0.2) is 59.6 Å². The maximum absolute atomic E-state index is 9.83. The minimum atomic E-state index is -1.15. The highest BCUT2D eigenvalue weighted by Crippen LogP contribution is 2.16. The van der Waals surface area contributed by atoms with Gasteiger partial charge in [-0.05, 0) is 25.7 Å². The van der Waals surface area contributed by atoms with Crippen molar-refractivity contribution in [2.75, 3.05) is 19.8 Å². The quantitative estimate of drug-likeness (QED) is 0.227. The molecule has 5 nitrogen and oxygen atoms in total. The van der Waals surface area contributed by atoms with Crippen molar-refractivity contribution >= 4 is 0 Å². The maximum atomic E-state index is 9.83. The normalized spacial score (nSPS) is 25.1. The molecular weight excluding hydrogens is 368 g/mol. The molecule has 0 unspecified atom stereocenters. The van der Waals surface area contributed by atoms with Gasteiger partial charge in [-0.3, -0.25) is 0 Å². The van der Waals surface area contributed by atoms with Crippen LogP contribution in [0.5, 0.6) is 0 Å². The van der Waals surface area contributed by atoms with E-state index in [1.165, 1.54) is 83.5 Å². The fourth-order valence-electron chi connectivity index (χ4n) is 3.65. The van der Waals surface area contributed by atoms with Gasteiger partial charge in [0.05, 0.1) is 13.2 Å². The summed E-state index contributed by atoms with van der Waals surface area (Å²) in [6, 6.07) is 0. The maximum Gasteiger partial charge on any atom is 0.111 e. The van der Waals surface area contributed by atoms with Gasteiger partial charge >= 0.3 is 0 Å². The van der Waals surface area contributed by atoms with Crippen LogP contribution in [-0.2, 0) is 9.47 Å². The lowest BCUT2D eigenvalue weighted by Gasteiger charge is -2.35. The zero-order chi connectivity index (χ0) is 21.2. The van der Waals surface area contributed by atoms with E-state index >= 15 is 0 Å². The zero-order valence-corrected chi connectivity index (χ0v) is 18.6. The molecule has 1 saturated heterocycles. The van der Waals surface area contributed by atoms with Crippen molar-refractivity contribution in [2.45, 2.75) is 121 Å². The highest BCUT2D eigenvalue weighted by Gasteiger charge is 2.37. The Hall–Kier alpha value is -0.460. The van der Waals surface area contributed by atoms with Gasteiger partial charge in [0.1, 0.15) is 24.4 Å². The molecule has 0 spiro atoms. The first-order chi connectivity index (χ1) is 14.2. The van der Waals surface area contributed by atoms with Gasteiger partial charge in [0.25, 0.3) is 0 Å². The van der Waals surface area contributed by atoms with E-state index in [0.717, 1.165) is 6.42 Å². The summed E-state index contributed by atoms with van der Waals surface area (Å²) >= 11 is 0. The summed E-state index contributed by atoms with van der Waals surface area (Å²) in [4.78, 5) is 0. The Balaban J connectivity index is 1.78. The molecule has 0 bridgehead atoms. The molecule has 1 heterocycles. The van der Waals surface area contributed by atoms with Gasteiger partial charge in [0, 0.05) is 6.61 Å². The van der Waals surface area contributed by atoms with E-state index in [4.69, 9.17) is 9.47 Å². The van der Waals surface area contributed by atoms with Gasteiger partial charge < -0.3 is 24.8 Å². The number of hydrogen-bond acceptors (Lipinski definition) is 5. The molecule has 29 heavy (non-hydrogen) atoms. The number of aliphatic hydroxyl groups excluding tert-OH is 3. The molecule has 3 N–H and O–H groups in total. The molecule has 5 heteroatoms. The van der Waals surface area contributed by atoms with Gasteiger partial charge in [0.15, 0.2) is 0 Å². The number of ether oxygens (including phenoxy) is 2. The lowest BCUT2D eigenvalue weighted by molar-refractivity contribution is -0.199. The topological polar surface area (TPSA) is 79.2 Å². The molecule has 0 aromatic carbocycles. The van der Waals surface area contributed by atoms with E-state index in [2.05, 4.69) is 19.1 Å². The van der Waals surface area contributed by atoms with Crippen LogP contribution in [0, 0.1) is 0 Å². The van der Waals surface area contributed by atoms with Crippen LogP contribution < -0.4 is 0 Å². The summed E-state index contributed by atoms with van der Waals surface area (Å²) in [6.07, 6.45) is 18.9. The van der Waals surface area contributed by atoms with Crippen molar-refractivity contribution in [1.29, 1.82) is 0 Å².